The third kappa shape index (κ3) is 5.05. The Morgan fingerprint density at radius 1 is 0.390 bits per heavy atom. The fourth-order valence-corrected chi connectivity index (χ4v) is 12.3. The van der Waals surface area contributed by atoms with Gasteiger partial charge in [0, 0.05) is 16.5 Å². The second kappa shape index (κ2) is 13.1. The molecule has 0 aromatic heterocycles. The van der Waals surface area contributed by atoms with Crippen LogP contribution >= 0.6 is 0 Å². The van der Waals surface area contributed by atoms with Crippen molar-refractivity contribution in [3.8, 4) is 0 Å². The van der Waals surface area contributed by atoms with E-state index in [2.05, 4.69) is 220 Å². The predicted molar refractivity (Wildman–Crippen MR) is 252 cm³/mol. The lowest BCUT2D eigenvalue weighted by Gasteiger charge is -2.53. The number of rotatable bonds is 4. The summed E-state index contributed by atoms with van der Waals surface area (Å²) < 4.78 is 0. The maximum Gasteiger partial charge on any atom is 0.245 e. The van der Waals surface area contributed by atoms with Gasteiger partial charge in [0.05, 0.1) is 16.8 Å². The predicted octanol–water partition coefficient (Wildman–Crippen LogP) is 12.6. The highest BCUT2D eigenvalue weighted by atomic mass is 15.2. The summed E-state index contributed by atoms with van der Waals surface area (Å²) in [4.78, 5) is 2.71. The Morgan fingerprint density at radius 2 is 0.746 bits per heavy atom. The lowest BCUT2D eigenvalue weighted by Crippen LogP contribution is -2.50. The molecule has 3 aliphatic rings. The van der Waals surface area contributed by atoms with E-state index in [-0.39, 0.29) is 17.5 Å². The molecule has 59 heavy (non-hydrogen) atoms. The first-order chi connectivity index (χ1) is 28.3. The highest BCUT2D eigenvalue weighted by molar-refractivity contribution is 7.01. The molecule has 2 aliphatic carbocycles. The number of fused-ring (bicyclic) bond motifs is 9. The Balaban J connectivity index is 1.38. The topological polar surface area (TPSA) is 3.24 Å². The molecule has 290 valence electrons. The summed E-state index contributed by atoms with van der Waals surface area (Å²) in [5.74, 6) is 0. The van der Waals surface area contributed by atoms with E-state index in [0.717, 1.165) is 0 Å². The molecule has 1 spiro atoms. The first kappa shape index (κ1) is 37.4. The van der Waals surface area contributed by atoms with Crippen molar-refractivity contribution in [1.82, 2.24) is 0 Å². The van der Waals surface area contributed by atoms with Crippen LogP contribution in [0.25, 0.3) is 5.47 Å². The van der Waals surface area contributed by atoms with Crippen LogP contribution in [0.3, 0.4) is 0 Å². The minimum Gasteiger partial charge on any atom is -0.313 e. The van der Waals surface area contributed by atoms with Gasteiger partial charge < -0.3 is 4.90 Å². The van der Waals surface area contributed by atoms with E-state index < -0.39 is 5.41 Å². The van der Waals surface area contributed by atoms with Gasteiger partial charge in [0.2, 0.25) is 6.71 Å². The number of anilines is 2. The summed E-state index contributed by atoms with van der Waals surface area (Å²) in [5, 5.41) is 0. The van der Waals surface area contributed by atoms with Gasteiger partial charge in [-0.05, 0) is 104 Å². The van der Waals surface area contributed by atoms with Gasteiger partial charge in [-0.3, -0.25) is 0 Å². The van der Waals surface area contributed by atoms with E-state index in [1.165, 1.54) is 111 Å². The monoisotopic (exact) mass is 763 g/mol. The van der Waals surface area contributed by atoms with Crippen molar-refractivity contribution in [1.29, 1.82) is 0 Å². The minimum absolute atomic E-state index is 0.00117. The SMILES string of the molecule is Cc1cc(C)c(B(C2=C(N3c4ccccc4C4(c5ccccc53)c3ccccc3C(C)(C)c3ccccc34)C(C)(C)c3ccccc32)c2c(C)cc(C)cc2C)c(C)c1. The van der Waals surface area contributed by atoms with Crippen LogP contribution in [0.15, 0.2) is 151 Å². The van der Waals surface area contributed by atoms with E-state index in [4.69, 9.17) is 0 Å². The summed E-state index contributed by atoms with van der Waals surface area (Å²) in [6.45, 7) is 23.6. The zero-order chi connectivity index (χ0) is 41.2. The first-order valence-corrected chi connectivity index (χ1v) is 21.5. The van der Waals surface area contributed by atoms with Gasteiger partial charge in [-0.15, -0.1) is 0 Å². The number of allylic oxidation sites excluding steroid dienone is 1. The number of hydrogen-bond donors (Lipinski definition) is 0. The molecule has 0 unspecified atom stereocenters. The van der Waals surface area contributed by atoms with Crippen molar-refractivity contribution >= 4 is 34.5 Å². The van der Waals surface area contributed by atoms with Gasteiger partial charge in [0.15, 0.2) is 0 Å². The molecule has 0 saturated heterocycles. The zero-order valence-electron chi connectivity index (χ0n) is 36.4. The molecule has 0 N–H and O–H groups in total. The maximum absolute atomic E-state index is 2.71. The lowest BCUT2D eigenvalue weighted by molar-refractivity contribution is 0.553. The Hall–Kier alpha value is -5.86. The first-order valence-electron chi connectivity index (χ1n) is 21.5. The third-order valence-corrected chi connectivity index (χ3v) is 14.4. The van der Waals surface area contributed by atoms with Gasteiger partial charge in [-0.1, -0.05) is 205 Å². The fourth-order valence-electron chi connectivity index (χ4n) is 12.3. The third-order valence-electron chi connectivity index (χ3n) is 14.4. The minimum atomic E-state index is -0.517. The van der Waals surface area contributed by atoms with Crippen LogP contribution in [0, 0.1) is 41.5 Å². The van der Waals surface area contributed by atoms with Crippen LogP contribution in [-0.4, -0.2) is 6.71 Å². The fraction of sp³-hybridized carbons (Fsp3) is 0.228. The molecule has 1 aliphatic heterocycles. The largest absolute Gasteiger partial charge is 0.313 e. The molecule has 0 atom stereocenters. The molecule has 1 nitrogen and oxygen atoms in total. The normalized spacial score (nSPS) is 16.3. The van der Waals surface area contributed by atoms with Crippen LogP contribution in [0.1, 0.15) is 106 Å². The van der Waals surface area contributed by atoms with Crippen LogP contribution in [0.2, 0.25) is 0 Å². The number of nitrogens with zero attached hydrogens (tertiary/aromatic N) is 1. The Kier molecular flexibility index (Phi) is 8.29. The number of benzene rings is 7. The summed E-state index contributed by atoms with van der Waals surface area (Å²) in [7, 11) is 0. The molecule has 10 rings (SSSR count). The van der Waals surface area contributed by atoms with Crippen LogP contribution < -0.4 is 15.8 Å². The molecule has 1 heterocycles. The van der Waals surface area contributed by atoms with Gasteiger partial charge >= 0.3 is 0 Å². The van der Waals surface area contributed by atoms with E-state index in [0.29, 0.717) is 0 Å². The van der Waals surface area contributed by atoms with Crippen molar-refractivity contribution < 1.29 is 0 Å². The Labute approximate surface area is 352 Å². The van der Waals surface area contributed by atoms with E-state index in [9.17, 15) is 0 Å². The van der Waals surface area contributed by atoms with Crippen molar-refractivity contribution in [3.63, 3.8) is 0 Å². The molecule has 0 fully saturated rings. The molecule has 0 bridgehead atoms. The molecular formula is C57H54BN. The summed E-state index contributed by atoms with van der Waals surface area (Å²) in [5.41, 5.74) is 26.0. The van der Waals surface area contributed by atoms with Crippen molar-refractivity contribution in [2.75, 3.05) is 4.90 Å². The smallest absolute Gasteiger partial charge is 0.245 e. The standard InChI is InChI=1S/C57H54BN/c1-35-31-37(3)51(38(4)32-35)58(52-39(5)33-36(2)34-40(52)6)53-41-21-11-12-22-42(41)56(9,10)54(53)59-49-29-19-17-27-47(49)57(48-28-18-20-30-50(48)59)45-25-15-13-23-43(45)55(7,8)44-24-14-16-26-46(44)57/h11-34H,1-10H3. The maximum atomic E-state index is 2.71. The summed E-state index contributed by atoms with van der Waals surface area (Å²) in [6, 6.07) is 56.2. The average Bonchev–Trinajstić information content (AvgIpc) is 3.44. The Bertz CT molecular complexity index is 2720. The molecule has 7 aromatic carbocycles. The molecule has 7 aromatic rings. The van der Waals surface area contributed by atoms with Gasteiger partial charge in [0.1, 0.15) is 0 Å². The molecule has 0 amide bonds. The highest BCUT2D eigenvalue weighted by Gasteiger charge is 2.55. The highest BCUT2D eigenvalue weighted by Crippen LogP contribution is 2.64. The van der Waals surface area contributed by atoms with E-state index in [1.807, 2.05) is 0 Å². The van der Waals surface area contributed by atoms with Gasteiger partial charge in [-0.2, -0.15) is 0 Å². The quantitative estimate of drug-likeness (QED) is 0.161. The summed E-state index contributed by atoms with van der Waals surface area (Å²) in [6.07, 6.45) is 0. The van der Waals surface area contributed by atoms with Crippen molar-refractivity contribution in [2.45, 2.75) is 85.5 Å². The summed E-state index contributed by atoms with van der Waals surface area (Å²) >= 11 is 0. The molecule has 0 radical (unpaired) electrons. The van der Waals surface area contributed by atoms with Crippen LogP contribution in [0.5, 0.6) is 0 Å². The number of hydrogen-bond acceptors (Lipinski definition) is 1. The second-order valence-corrected chi connectivity index (χ2v) is 18.8. The van der Waals surface area contributed by atoms with Gasteiger partial charge in [0.25, 0.3) is 0 Å². The van der Waals surface area contributed by atoms with E-state index >= 15 is 0 Å². The average molecular weight is 764 g/mol. The number of aryl methyl sites for hydroxylation is 6. The van der Waals surface area contributed by atoms with Crippen LogP contribution in [0.4, 0.5) is 11.4 Å². The molecule has 2 heteroatoms. The van der Waals surface area contributed by atoms with Crippen molar-refractivity contribution in [3.05, 3.63) is 229 Å². The molecular weight excluding hydrogens is 709 g/mol. The zero-order valence-corrected chi connectivity index (χ0v) is 36.4. The van der Waals surface area contributed by atoms with Gasteiger partial charge in [-0.25, -0.2) is 0 Å². The van der Waals surface area contributed by atoms with E-state index in [1.54, 1.807) is 0 Å². The second-order valence-electron chi connectivity index (χ2n) is 18.8. The van der Waals surface area contributed by atoms with Crippen molar-refractivity contribution in [2.24, 2.45) is 0 Å². The molecule has 0 saturated carbocycles. The van der Waals surface area contributed by atoms with Crippen LogP contribution in [-0.2, 0) is 16.2 Å². The Morgan fingerprint density at radius 3 is 1.19 bits per heavy atom. The number of para-hydroxylation sites is 2. The lowest BCUT2D eigenvalue weighted by atomic mass is 9.32.